The number of hydrogen-bond acceptors (Lipinski definition) is 5. The van der Waals surface area contributed by atoms with E-state index in [1.54, 1.807) is 0 Å². The van der Waals surface area contributed by atoms with E-state index in [0.29, 0.717) is 12.0 Å². The lowest BCUT2D eigenvalue weighted by atomic mass is 9.86. The molecular weight excluding hydrogens is 254 g/mol. The van der Waals surface area contributed by atoms with Crippen LogP contribution in [0.3, 0.4) is 0 Å². The molecule has 5 nitrogen and oxygen atoms in total. The van der Waals surface area contributed by atoms with E-state index in [1.165, 1.54) is 25.7 Å². The van der Waals surface area contributed by atoms with Crippen LogP contribution >= 0.6 is 0 Å². The molecule has 2 fully saturated rings. The van der Waals surface area contributed by atoms with Gasteiger partial charge < -0.3 is 14.6 Å². The molecule has 0 bridgehead atoms. The molecule has 1 N–H and O–H groups in total. The van der Waals surface area contributed by atoms with E-state index in [-0.39, 0.29) is 0 Å². The van der Waals surface area contributed by atoms with Crippen molar-refractivity contribution in [2.45, 2.75) is 64.0 Å². The molecule has 1 saturated heterocycles. The zero-order chi connectivity index (χ0) is 13.8. The maximum Gasteiger partial charge on any atom is 0.229 e. The van der Waals surface area contributed by atoms with Gasteiger partial charge in [-0.3, -0.25) is 0 Å². The van der Waals surface area contributed by atoms with Crippen molar-refractivity contribution in [1.82, 2.24) is 15.5 Å². The molecule has 3 rings (SSSR count). The van der Waals surface area contributed by atoms with Crippen LogP contribution in [0.1, 0.15) is 63.1 Å². The Bertz CT molecular complexity index is 415. The van der Waals surface area contributed by atoms with Crippen LogP contribution in [-0.2, 0) is 11.3 Å². The molecule has 0 amide bonds. The van der Waals surface area contributed by atoms with Gasteiger partial charge in [0.15, 0.2) is 5.82 Å². The van der Waals surface area contributed by atoms with Crippen molar-refractivity contribution in [3.8, 4) is 0 Å². The number of ether oxygens (including phenoxy) is 1. The van der Waals surface area contributed by atoms with Crippen molar-refractivity contribution in [1.29, 1.82) is 0 Å². The van der Waals surface area contributed by atoms with Crippen LogP contribution in [0, 0.1) is 5.92 Å². The van der Waals surface area contributed by atoms with E-state index >= 15 is 0 Å². The van der Waals surface area contributed by atoms with Crippen LogP contribution in [0.25, 0.3) is 0 Å². The monoisotopic (exact) mass is 279 g/mol. The van der Waals surface area contributed by atoms with E-state index < -0.39 is 0 Å². The Morgan fingerprint density at radius 2 is 1.95 bits per heavy atom. The van der Waals surface area contributed by atoms with E-state index in [9.17, 15) is 0 Å². The Morgan fingerprint density at radius 3 is 2.75 bits per heavy atom. The highest BCUT2D eigenvalue weighted by Gasteiger charge is 2.23. The van der Waals surface area contributed by atoms with Crippen molar-refractivity contribution in [3.63, 3.8) is 0 Å². The zero-order valence-corrected chi connectivity index (χ0v) is 12.3. The van der Waals surface area contributed by atoms with Gasteiger partial charge in [0, 0.05) is 25.2 Å². The molecule has 1 aromatic rings. The molecule has 1 saturated carbocycles. The smallest absolute Gasteiger partial charge is 0.229 e. The number of hydrogen-bond donors (Lipinski definition) is 1. The Hall–Kier alpha value is -0.940. The average molecular weight is 279 g/mol. The summed E-state index contributed by atoms with van der Waals surface area (Å²) in [4.78, 5) is 4.55. The van der Waals surface area contributed by atoms with Gasteiger partial charge in [0.25, 0.3) is 0 Å². The molecule has 0 unspecified atom stereocenters. The molecule has 2 aliphatic rings. The van der Waals surface area contributed by atoms with E-state index in [1.807, 2.05) is 0 Å². The number of nitrogens with one attached hydrogen (secondary N) is 1. The van der Waals surface area contributed by atoms with E-state index in [0.717, 1.165) is 50.2 Å². The van der Waals surface area contributed by atoms with E-state index in [4.69, 9.17) is 9.26 Å². The lowest BCUT2D eigenvalue weighted by molar-refractivity contribution is 0.0778. The van der Waals surface area contributed by atoms with Crippen LogP contribution in [-0.4, -0.2) is 29.4 Å². The van der Waals surface area contributed by atoms with Crippen molar-refractivity contribution in [2.75, 3.05) is 13.2 Å². The third kappa shape index (κ3) is 3.38. The minimum Gasteiger partial charge on any atom is -0.381 e. The fourth-order valence-electron chi connectivity index (χ4n) is 3.29. The Kier molecular flexibility index (Phi) is 4.68. The van der Waals surface area contributed by atoms with Gasteiger partial charge in [-0.25, -0.2) is 0 Å². The summed E-state index contributed by atoms with van der Waals surface area (Å²) in [6.07, 6.45) is 7.30. The highest BCUT2D eigenvalue weighted by atomic mass is 16.5. The Morgan fingerprint density at radius 1 is 1.15 bits per heavy atom. The van der Waals surface area contributed by atoms with Gasteiger partial charge in [0.1, 0.15) is 0 Å². The molecule has 112 valence electrons. The second-order valence-corrected chi connectivity index (χ2v) is 6.18. The highest BCUT2D eigenvalue weighted by molar-refractivity contribution is 4.95. The van der Waals surface area contributed by atoms with Gasteiger partial charge in [0.2, 0.25) is 5.89 Å². The molecule has 0 aromatic carbocycles. The maximum absolute atomic E-state index is 5.41. The van der Waals surface area contributed by atoms with Crippen LogP contribution in [0.5, 0.6) is 0 Å². The summed E-state index contributed by atoms with van der Waals surface area (Å²) in [7, 11) is 0. The van der Waals surface area contributed by atoms with Crippen molar-refractivity contribution in [3.05, 3.63) is 11.7 Å². The number of rotatable bonds is 4. The largest absolute Gasteiger partial charge is 0.381 e. The number of nitrogens with zero attached hydrogens (tertiary/aromatic N) is 2. The Labute approximate surface area is 120 Å². The second-order valence-electron chi connectivity index (χ2n) is 6.18. The van der Waals surface area contributed by atoms with Gasteiger partial charge in [-0.2, -0.15) is 4.98 Å². The van der Waals surface area contributed by atoms with Crippen LogP contribution in [0.4, 0.5) is 0 Å². The first-order chi connectivity index (χ1) is 9.83. The van der Waals surface area contributed by atoms with Gasteiger partial charge >= 0.3 is 0 Å². The summed E-state index contributed by atoms with van der Waals surface area (Å²) >= 11 is 0. The topological polar surface area (TPSA) is 60.2 Å². The standard InChI is InChI=1S/C15H25N3O2/c1-11-4-2-3-5-13(11)16-10-14-17-15(20-18-14)12-6-8-19-9-7-12/h11-13,16H,2-10H2,1H3/t11-,13-/m0/s1. The van der Waals surface area contributed by atoms with Crippen molar-refractivity contribution in [2.24, 2.45) is 5.92 Å². The van der Waals surface area contributed by atoms with Crippen LogP contribution in [0.2, 0.25) is 0 Å². The molecule has 1 aliphatic heterocycles. The Balaban J connectivity index is 1.51. The molecule has 2 heterocycles. The second kappa shape index (κ2) is 6.68. The first-order valence-electron chi connectivity index (χ1n) is 7.96. The third-order valence-electron chi connectivity index (χ3n) is 4.69. The molecule has 5 heteroatoms. The SMILES string of the molecule is C[C@H]1CCCC[C@@H]1NCc1noc(C2CCOCC2)n1. The summed E-state index contributed by atoms with van der Waals surface area (Å²) in [5, 5.41) is 7.71. The van der Waals surface area contributed by atoms with Crippen LogP contribution < -0.4 is 5.32 Å². The summed E-state index contributed by atoms with van der Waals surface area (Å²) in [6.45, 7) is 4.67. The predicted octanol–water partition coefficient (Wildman–Crippen LogP) is 2.63. The predicted molar refractivity (Wildman–Crippen MR) is 75.4 cm³/mol. The molecule has 0 spiro atoms. The molecule has 20 heavy (non-hydrogen) atoms. The van der Waals surface area contributed by atoms with Gasteiger partial charge in [-0.15, -0.1) is 0 Å². The molecule has 0 radical (unpaired) electrons. The normalized spacial score (nSPS) is 28.6. The minimum atomic E-state index is 0.388. The quantitative estimate of drug-likeness (QED) is 0.918. The molecular formula is C15H25N3O2. The fourth-order valence-corrected chi connectivity index (χ4v) is 3.29. The lowest BCUT2D eigenvalue weighted by Gasteiger charge is -2.29. The third-order valence-corrected chi connectivity index (χ3v) is 4.69. The first kappa shape index (κ1) is 14.0. The van der Waals surface area contributed by atoms with Crippen molar-refractivity contribution >= 4 is 0 Å². The number of aromatic nitrogens is 2. The summed E-state index contributed by atoms with van der Waals surface area (Å²) in [6, 6.07) is 0.605. The van der Waals surface area contributed by atoms with Gasteiger partial charge in [-0.05, 0) is 31.6 Å². The molecule has 2 atom stereocenters. The van der Waals surface area contributed by atoms with E-state index in [2.05, 4.69) is 22.4 Å². The van der Waals surface area contributed by atoms with Crippen LogP contribution in [0.15, 0.2) is 4.52 Å². The molecule has 1 aliphatic carbocycles. The fraction of sp³-hybridized carbons (Fsp3) is 0.867. The van der Waals surface area contributed by atoms with Gasteiger partial charge in [0.05, 0.1) is 6.54 Å². The summed E-state index contributed by atoms with van der Waals surface area (Å²) < 4.78 is 10.8. The lowest BCUT2D eigenvalue weighted by Crippen LogP contribution is -2.36. The average Bonchev–Trinajstić information content (AvgIpc) is 2.96. The highest BCUT2D eigenvalue weighted by Crippen LogP contribution is 2.26. The first-order valence-corrected chi connectivity index (χ1v) is 7.96. The maximum atomic E-state index is 5.41. The minimum absolute atomic E-state index is 0.388. The van der Waals surface area contributed by atoms with Gasteiger partial charge in [-0.1, -0.05) is 24.9 Å². The zero-order valence-electron chi connectivity index (χ0n) is 12.3. The molecule has 1 aromatic heterocycles. The summed E-state index contributed by atoms with van der Waals surface area (Å²) in [5.74, 6) is 2.73. The van der Waals surface area contributed by atoms with Crippen molar-refractivity contribution < 1.29 is 9.26 Å². The summed E-state index contributed by atoms with van der Waals surface area (Å²) in [5.41, 5.74) is 0.